The van der Waals surface area contributed by atoms with Crippen molar-refractivity contribution in [2.75, 3.05) is 42.8 Å². The molecule has 2 saturated heterocycles. The summed E-state index contributed by atoms with van der Waals surface area (Å²) in [6.07, 6.45) is 0.834. The van der Waals surface area contributed by atoms with E-state index in [0.29, 0.717) is 23.5 Å². The molecular weight excluding hydrogens is 477 g/mol. The summed E-state index contributed by atoms with van der Waals surface area (Å²) >= 11 is 1.35. The summed E-state index contributed by atoms with van der Waals surface area (Å²) in [5, 5.41) is 17.8. The number of anilines is 3. The number of imidazole rings is 1. The molecule has 8 N–H and O–H groups in total. The van der Waals surface area contributed by atoms with E-state index >= 15 is 0 Å². The van der Waals surface area contributed by atoms with Gasteiger partial charge >= 0.3 is 5.69 Å². The molecule has 0 amide bonds. The minimum absolute atomic E-state index is 0.0689. The molecule has 3 aromatic heterocycles. The second kappa shape index (κ2) is 10.0. The van der Waals surface area contributed by atoms with Gasteiger partial charge in [-0.2, -0.15) is 15.0 Å². The maximum atomic E-state index is 13.1. The third-order valence-electron chi connectivity index (χ3n) is 4.79. The van der Waals surface area contributed by atoms with Crippen molar-refractivity contribution in [3.8, 4) is 0 Å². The van der Waals surface area contributed by atoms with E-state index in [4.69, 9.17) is 41.6 Å². The number of aliphatic hydroxyl groups is 2. The van der Waals surface area contributed by atoms with Crippen LogP contribution in [0.5, 0.6) is 0 Å². The number of fused-ring (bicyclic) bond motifs is 1. The third-order valence-corrected chi connectivity index (χ3v) is 5.90. The van der Waals surface area contributed by atoms with Crippen LogP contribution in [0.4, 0.5) is 22.0 Å². The van der Waals surface area contributed by atoms with Crippen molar-refractivity contribution < 1.29 is 28.8 Å². The van der Waals surface area contributed by atoms with Gasteiger partial charge in [-0.1, -0.05) is 0 Å². The largest absolute Gasteiger partial charge is 0.393 e. The fraction of sp³-hybridized carbons (Fsp3) is 0.471. The van der Waals surface area contributed by atoms with Crippen LogP contribution in [0.3, 0.4) is 0 Å². The molecule has 0 aliphatic carbocycles. The Labute approximate surface area is 194 Å². The molecule has 15 nitrogen and oxygen atoms in total. The first-order valence-corrected chi connectivity index (χ1v) is 10.9. The molecule has 184 valence electrons. The first-order valence-electron chi connectivity index (χ1n) is 9.86. The summed E-state index contributed by atoms with van der Waals surface area (Å²) in [4.78, 5) is 26.8. The van der Waals surface area contributed by atoms with Crippen molar-refractivity contribution in [2.45, 2.75) is 24.2 Å². The van der Waals surface area contributed by atoms with E-state index < -0.39 is 41.5 Å². The number of nitrogens with two attached hydrogens (primary N) is 3. The van der Waals surface area contributed by atoms with Crippen LogP contribution < -0.4 is 22.9 Å². The first-order chi connectivity index (χ1) is 16.3. The van der Waals surface area contributed by atoms with Gasteiger partial charge in [0.15, 0.2) is 35.6 Å². The SMILES string of the molecule is Nc1nc(=O)n([C@H]2CS[C@@H](CO)O2)cc1F.Nc1nc(N)c2ncn([C@H]3CO[C@@H](CO)O3)c2n1. The number of ether oxygens (including phenoxy) is 3. The molecule has 0 radical (unpaired) electrons. The van der Waals surface area contributed by atoms with Gasteiger partial charge in [0.25, 0.3) is 0 Å². The van der Waals surface area contributed by atoms with E-state index in [0.717, 1.165) is 10.8 Å². The van der Waals surface area contributed by atoms with Gasteiger partial charge in [0.1, 0.15) is 17.2 Å². The molecule has 3 aromatic rings. The summed E-state index contributed by atoms with van der Waals surface area (Å²) < 4.78 is 31.8. The van der Waals surface area contributed by atoms with E-state index in [1.54, 1.807) is 4.57 Å². The molecular formula is C17H22FN9O6S. The van der Waals surface area contributed by atoms with Crippen LogP contribution in [0.15, 0.2) is 17.3 Å². The van der Waals surface area contributed by atoms with Crippen LogP contribution in [0.2, 0.25) is 0 Å². The van der Waals surface area contributed by atoms with E-state index in [-0.39, 0.29) is 25.0 Å². The van der Waals surface area contributed by atoms with Gasteiger partial charge in [-0.05, 0) is 0 Å². The monoisotopic (exact) mass is 499 g/mol. The van der Waals surface area contributed by atoms with Gasteiger partial charge in [0.2, 0.25) is 5.95 Å². The number of nitrogens with zero attached hydrogens (tertiary/aromatic N) is 6. The molecule has 0 aromatic carbocycles. The van der Waals surface area contributed by atoms with Crippen molar-refractivity contribution in [2.24, 2.45) is 0 Å². The number of hydrogen-bond acceptors (Lipinski definition) is 14. The lowest BCUT2D eigenvalue weighted by molar-refractivity contribution is -0.0980. The molecule has 4 atom stereocenters. The standard InChI is InChI=1S/C9H12N6O3.C8H10FN3O3S/c10-7-6-8(14-9(11)13-7)15(3-12-6)4-2-17-5(1-16)18-4;9-4-1-12(8(14)11-7(4)10)5-3-16-6(2-13)15-5/h3-5,16H,1-2H2,(H4,10,11,13,14);1,5-6,13H,2-3H2,(H2,10,11,14)/t4-,5-;5-,6+/m11/s1. The van der Waals surface area contributed by atoms with Crippen molar-refractivity contribution in [3.63, 3.8) is 0 Å². The maximum Gasteiger partial charge on any atom is 0.351 e. The Morgan fingerprint density at radius 1 is 1.09 bits per heavy atom. The highest BCUT2D eigenvalue weighted by Crippen LogP contribution is 2.30. The van der Waals surface area contributed by atoms with Crippen LogP contribution in [0.1, 0.15) is 12.5 Å². The van der Waals surface area contributed by atoms with Crippen LogP contribution in [0.25, 0.3) is 11.2 Å². The zero-order valence-corrected chi connectivity index (χ0v) is 18.3. The van der Waals surface area contributed by atoms with Crippen molar-refractivity contribution in [1.29, 1.82) is 0 Å². The Hall–Kier alpha value is -3.09. The highest BCUT2D eigenvalue weighted by atomic mass is 32.2. The number of thioether (sulfide) groups is 1. The fourth-order valence-electron chi connectivity index (χ4n) is 3.20. The molecule has 2 aliphatic rings. The van der Waals surface area contributed by atoms with Crippen LogP contribution in [-0.2, 0) is 14.2 Å². The quantitative estimate of drug-likeness (QED) is 0.272. The highest BCUT2D eigenvalue weighted by Gasteiger charge is 2.29. The summed E-state index contributed by atoms with van der Waals surface area (Å²) in [5.41, 5.74) is 16.3. The average Bonchev–Trinajstić information content (AvgIpc) is 3.55. The Morgan fingerprint density at radius 2 is 1.88 bits per heavy atom. The number of hydrogen-bond donors (Lipinski definition) is 5. The fourth-order valence-corrected chi connectivity index (χ4v) is 4.13. The van der Waals surface area contributed by atoms with E-state index in [1.165, 1.54) is 18.1 Å². The van der Waals surface area contributed by atoms with E-state index in [2.05, 4.69) is 19.9 Å². The molecule has 0 unspecified atom stereocenters. The Balaban J connectivity index is 0.000000162. The summed E-state index contributed by atoms with van der Waals surface area (Å²) in [7, 11) is 0. The number of halogens is 1. The Morgan fingerprint density at radius 3 is 2.56 bits per heavy atom. The smallest absolute Gasteiger partial charge is 0.351 e. The lowest BCUT2D eigenvalue weighted by Gasteiger charge is -2.13. The van der Waals surface area contributed by atoms with Crippen molar-refractivity contribution in [1.82, 2.24) is 29.1 Å². The molecule has 2 fully saturated rings. The topological polar surface area (TPSA) is 225 Å². The van der Waals surface area contributed by atoms with E-state index in [9.17, 15) is 9.18 Å². The van der Waals surface area contributed by atoms with Gasteiger partial charge in [-0.3, -0.25) is 9.13 Å². The van der Waals surface area contributed by atoms with Crippen molar-refractivity contribution in [3.05, 3.63) is 28.8 Å². The first kappa shape index (κ1) is 24.0. The Kier molecular flexibility index (Phi) is 7.10. The Bertz CT molecular complexity index is 1230. The van der Waals surface area contributed by atoms with Crippen molar-refractivity contribution >= 4 is 40.5 Å². The number of rotatable bonds is 4. The lowest BCUT2D eigenvalue weighted by Crippen LogP contribution is -2.29. The predicted molar refractivity (Wildman–Crippen MR) is 117 cm³/mol. The van der Waals surface area contributed by atoms with Gasteiger partial charge in [0, 0.05) is 5.75 Å². The normalized spacial score (nSPS) is 24.3. The molecule has 5 rings (SSSR count). The second-order valence-electron chi connectivity index (χ2n) is 7.03. The zero-order chi connectivity index (χ0) is 24.4. The van der Waals surface area contributed by atoms with E-state index in [1.807, 2.05) is 0 Å². The molecule has 0 spiro atoms. The number of aliphatic hydroxyl groups excluding tert-OH is 2. The third kappa shape index (κ3) is 4.88. The number of nitrogen functional groups attached to an aromatic ring is 3. The highest BCUT2D eigenvalue weighted by molar-refractivity contribution is 8.00. The molecule has 0 bridgehead atoms. The number of aromatic nitrogens is 6. The van der Waals surface area contributed by atoms with Crippen LogP contribution in [0, 0.1) is 5.82 Å². The van der Waals surface area contributed by atoms with Gasteiger partial charge in [-0.15, -0.1) is 11.8 Å². The zero-order valence-electron chi connectivity index (χ0n) is 17.5. The van der Waals surface area contributed by atoms with Crippen LogP contribution in [-0.4, -0.2) is 76.6 Å². The summed E-state index contributed by atoms with van der Waals surface area (Å²) in [6.45, 7) is -0.0658. The minimum Gasteiger partial charge on any atom is -0.393 e. The summed E-state index contributed by atoms with van der Waals surface area (Å²) in [5.74, 6) is -0.449. The average molecular weight is 499 g/mol. The molecule has 2 aliphatic heterocycles. The van der Waals surface area contributed by atoms with Gasteiger partial charge < -0.3 is 41.6 Å². The molecule has 17 heteroatoms. The lowest BCUT2D eigenvalue weighted by atomic mass is 10.5. The van der Waals surface area contributed by atoms with Crippen LogP contribution >= 0.6 is 11.8 Å². The molecule has 5 heterocycles. The summed E-state index contributed by atoms with van der Waals surface area (Å²) in [6, 6.07) is 0. The maximum absolute atomic E-state index is 13.1. The predicted octanol–water partition coefficient (Wildman–Crippen LogP) is -1.60. The second-order valence-corrected chi connectivity index (χ2v) is 8.22. The molecule has 0 saturated carbocycles. The van der Waals surface area contributed by atoms with Gasteiger partial charge in [-0.25, -0.2) is 14.2 Å². The minimum atomic E-state index is -0.763. The molecule has 34 heavy (non-hydrogen) atoms. The van der Waals surface area contributed by atoms with Gasteiger partial charge in [0.05, 0.1) is 32.3 Å².